The lowest BCUT2D eigenvalue weighted by Crippen LogP contribution is -2.18. The number of aromatic nitrogens is 4. The third-order valence-electron chi connectivity index (χ3n) is 8.59. The summed E-state index contributed by atoms with van der Waals surface area (Å²) in [5, 5.41) is 15.2. The molecule has 2 saturated carbocycles. The zero-order valence-electron chi connectivity index (χ0n) is 20.0. The van der Waals surface area contributed by atoms with E-state index in [1.54, 1.807) is 0 Å². The number of rotatable bonds is 6. The molecule has 4 fully saturated rings. The first-order valence-corrected chi connectivity index (χ1v) is 13.1. The second kappa shape index (κ2) is 7.72. The number of hydrogen-bond acceptors (Lipinski definition) is 5. The van der Waals surface area contributed by atoms with E-state index in [2.05, 4.69) is 74.1 Å². The first kappa shape index (κ1) is 20.6. The summed E-state index contributed by atoms with van der Waals surface area (Å²) in [7, 11) is 0. The van der Waals surface area contributed by atoms with Crippen molar-refractivity contribution in [2.45, 2.75) is 49.9 Å². The minimum atomic E-state index is 0.282. The van der Waals surface area contributed by atoms with Crippen LogP contribution in [0.15, 0.2) is 54.7 Å². The molecule has 2 aromatic heterocycles. The van der Waals surface area contributed by atoms with Crippen molar-refractivity contribution < 1.29 is 0 Å². The number of nitrogens with zero attached hydrogens (tertiary/aromatic N) is 2. The highest BCUT2D eigenvalue weighted by atomic mass is 15.1. The van der Waals surface area contributed by atoms with Gasteiger partial charge in [-0.25, -0.2) is 9.97 Å². The standard InChI is InChI=1S/C29H29N7/c30-13-25-27(36-29(34-25)24-12-20-10-22(20)33-24)18-7-3-16(4-8-18)15-1-5-17(6-2-15)26-14-31-28(35-26)23-11-19-9-21(19)32-23/h1-8,13-14,19-24,30,32-33H,9-12H2,(H,31,35)(H,34,36)/t19-,20-,21-,22-,23+,24+/m1/s1. The fourth-order valence-electron chi connectivity index (χ4n) is 6.28. The van der Waals surface area contributed by atoms with Crippen molar-refractivity contribution in [3.63, 3.8) is 0 Å². The van der Waals surface area contributed by atoms with Crippen molar-refractivity contribution in [2.75, 3.05) is 0 Å². The molecule has 0 unspecified atom stereocenters. The summed E-state index contributed by atoms with van der Waals surface area (Å²) in [6.45, 7) is 0. The van der Waals surface area contributed by atoms with E-state index in [0.29, 0.717) is 12.1 Å². The largest absolute Gasteiger partial charge is 0.341 e. The molecule has 4 aromatic rings. The van der Waals surface area contributed by atoms with Crippen molar-refractivity contribution in [1.29, 1.82) is 5.41 Å². The van der Waals surface area contributed by atoms with Crippen molar-refractivity contribution in [3.05, 3.63) is 72.1 Å². The summed E-state index contributed by atoms with van der Waals surface area (Å²) in [4.78, 5) is 16.4. The van der Waals surface area contributed by atoms with E-state index >= 15 is 0 Å². The predicted molar refractivity (Wildman–Crippen MR) is 140 cm³/mol. The number of fused-ring (bicyclic) bond motifs is 2. The van der Waals surface area contributed by atoms with Crippen molar-refractivity contribution in [3.8, 4) is 33.6 Å². The highest BCUT2D eigenvalue weighted by molar-refractivity contribution is 5.85. The van der Waals surface area contributed by atoms with Crippen molar-refractivity contribution in [2.24, 2.45) is 11.8 Å². The summed E-state index contributed by atoms with van der Waals surface area (Å²) in [5.41, 5.74) is 7.21. The van der Waals surface area contributed by atoms with Gasteiger partial charge in [-0.3, -0.25) is 0 Å². The first-order chi connectivity index (χ1) is 17.7. The molecule has 0 bridgehead atoms. The van der Waals surface area contributed by atoms with Gasteiger partial charge in [-0.15, -0.1) is 0 Å². The second-order valence-corrected chi connectivity index (χ2v) is 11.0. The van der Waals surface area contributed by atoms with Gasteiger partial charge in [-0.05, 0) is 54.2 Å². The molecule has 5 N–H and O–H groups in total. The third-order valence-corrected chi connectivity index (χ3v) is 8.59. The van der Waals surface area contributed by atoms with Gasteiger partial charge < -0.3 is 26.0 Å². The van der Waals surface area contributed by atoms with Crippen LogP contribution in [0.4, 0.5) is 0 Å². The Hall–Kier alpha value is -3.55. The zero-order chi connectivity index (χ0) is 23.8. The molecule has 2 aliphatic heterocycles. The van der Waals surface area contributed by atoms with Gasteiger partial charge in [0.2, 0.25) is 0 Å². The lowest BCUT2D eigenvalue weighted by atomic mass is 10.0. The number of aromatic amines is 2. The third kappa shape index (κ3) is 3.45. The fraction of sp³-hybridized carbons (Fsp3) is 0.345. The van der Waals surface area contributed by atoms with E-state index in [1.807, 2.05) is 6.20 Å². The number of benzene rings is 2. The van der Waals surface area contributed by atoms with Gasteiger partial charge in [0.05, 0.1) is 35.4 Å². The fourth-order valence-corrected chi connectivity index (χ4v) is 6.28. The molecule has 0 spiro atoms. The van der Waals surface area contributed by atoms with E-state index in [9.17, 15) is 0 Å². The van der Waals surface area contributed by atoms with E-state index in [4.69, 9.17) is 10.4 Å². The van der Waals surface area contributed by atoms with Crippen LogP contribution >= 0.6 is 0 Å². The van der Waals surface area contributed by atoms with Crippen LogP contribution in [0.1, 0.15) is 55.1 Å². The van der Waals surface area contributed by atoms with Crippen LogP contribution in [0.25, 0.3) is 33.6 Å². The quantitative estimate of drug-likeness (QED) is 0.254. The molecular weight excluding hydrogens is 446 g/mol. The molecule has 2 saturated heterocycles. The maximum Gasteiger partial charge on any atom is 0.124 e. The molecule has 2 aromatic carbocycles. The molecule has 7 heteroatoms. The Morgan fingerprint density at radius 3 is 1.86 bits per heavy atom. The number of piperidine rings is 2. The van der Waals surface area contributed by atoms with Crippen molar-refractivity contribution in [1.82, 2.24) is 30.6 Å². The van der Waals surface area contributed by atoms with Crippen LogP contribution < -0.4 is 10.6 Å². The second-order valence-electron chi connectivity index (χ2n) is 11.0. The minimum absolute atomic E-state index is 0.282. The minimum Gasteiger partial charge on any atom is -0.341 e. The normalized spacial score (nSPS) is 29.7. The summed E-state index contributed by atoms with van der Waals surface area (Å²) < 4.78 is 0. The van der Waals surface area contributed by atoms with Crippen molar-refractivity contribution >= 4 is 6.21 Å². The van der Waals surface area contributed by atoms with E-state index in [-0.39, 0.29) is 6.04 Å². The van der Waals surface area contributed by atoms with Crippen LogP contribution in [0.2, 0.25) is 0 Å². The van der Waals surface area contributed by atoms with Gasteiger partial charge >= 0.3 is 0 Å². The first-order valence-electron chi connectivity index (χ1n) is 13.1. The van der Waals surface area contributed by atoms with Crippen LogP contribution in [-0.2, 0) is 0 Å². The van der Waals surface area contributed by atoms with Gasteiger partial charge in [-0.2, -0.15) is 0 Å². The van der Waals surface area contributed by atoms with Gasteiger partial charge in [0.15, 0.2) is 0 Å². The van der Waals surface area contributed by atoms with Gasteiger partial charge in [0.1, 0.15) is 11.6 Å². The summed E-state index contributed by atoms with van der Waals surface area (Å²) >= 11 is 0. The Morgan fingerprint density at radius 2 is 1.28 bits per heavy atom. The van der Waals surface area contributed by atoms with E-state index in [0.717, 1.165) is 69.7 Å². The highest BCUT2D eigenvalue weighted by Gasteiger charge is 2.47. The number of nitrogens with one attached hydrogen (secondary N) is 5. The van der Waals surface area contributed by atoms with Gasteiger partial charge in [0, 0.05) is 23.9 Å². The maximum absolute atomic E-state index is 7.87. The molecular formula is C29H29N7. The lowest BCUT2D eigenvalue weighted by Gasteiger charge is -2.09. The molecule has 2 aliphatic carbocycles. The molecule has 7 nitrogen and oxygen atoms in total. The molecule has 36 heavy (non-hydrogen) atoms. The Bertz CT molecular complexity index is 1430. The average Bonchev–Trinajstić information content (AvgIpc) is 3.50. The maximum atomic E-state index is 7.87. The van der Waals surface area contributed by atoms with Gasteiger partial charge in [-0.1, -0.05) is 48.5 Å². The van der Waals surface area contributed by atoms with E-state index < -0.39 is 0 Å². The predicted octanol–water partition coefficient (Wildman–Crippen LogP) is 4.98. The molecule has 0 radical (unpaired) electrons. The summed E-state index contributed by atoms with van der Waals surface area (Å²) in [6.07, 6.45) is 8.30. The Balaban J connectivity index is 0.999. The Labute approximate surface area is 209 Å². The smallest absolute Gasteiger partial charge is 0.124 e. The molecule has 6 atom stereocenters. The summed E-state index contributed by atoms with van der Waals surface area (Å²) in [6, 6.07) is 19.2. The monoisotopic (exact) mass is 475 g/mol. The SMILES string of the molecule is N=Cc1[nH]c([C@@H]2C[C@H]3C[C@H]3N2)nc1-c1ccc(-c2ccc(-c3cnc([C@@H]4C[C@H]5C[C@H]5N4)[nH]3)cc2)cc1. The van der Waals surface area contributed by atoms with E-state index in [1.165, 1.54) is 31.0 Å². The molecule has 0 amide bonds. The molecule has 4 aliphatic rings. The Morgan fingerprint density at radius 1 is 0.694 bits per heavy atom. The summed E-state index contributed by atoms with van der Waals surface area (Å²) in [5.74, 6) is 3.68. The average molecular weight is 476 g/mol. The van der Waals surface area contributed by atoms with Crippen LogP contribution in [0, 0.1) is 17.2 Å². The Kier molecular flexibility index (Phi) is 4.42. The van der Waals surface area contributed by atoms with Gasteiger partial charge in [0.25, 0.3) is 0 Å². The number of hydrogen-bond donors (Lipinski definition) is 5. The van der Waals surface area contributed by atoms with Crippen LogP contribution in [-0.4, -0.2) is 38.2 Å². The van der Waals surface area contributed by atoms with Crippen LogP contribution in [0.3, 0.4) is 0 Å². The molecule has 180 valence electrons. The number of H-pyrrole nitrogens is 2. The van der Waals surface area contributed by atoms with Crippen LogP contribution in [0.5, 0.6) is 0 Å². The molecule has 8 rings (SSSR count). The zero-order valence-corrected chi connectivity index (χ0v) is 20.0. The highest BCUT2D eigenvalue weighted by Crippen LogP contribution is 2.46. The lowest BCUT2D eigenvalue weighted by molar-refractivity contribution is 0.543. The topological polar surface area (TPSA) is 105 Å². The number of imidazole rings is 2. The molecule has 4 heterocycles.